The Morgan fingerprint density at radius 3 is 2.42 bits per heavy atom. The van der Waals surface area contributed by atoms with Gasteiger partial charge in [0, 0.05) is 26.2 Å². The summed E-state index contributed by atoms with van der Waals surface area (Å²) in [5.41, 5.74) is 4.07. The van der Waals surface area contributed by atoms with Crippen LogP contribution in [0.25, 0.3) is 5.57 Å². The van der Waals surface area contributed by atoms with Crippen LogP contribution in [0.1, 0.15) is 31.2 Å². The maximum absolute atomic E-state index is 13.3. The smallest absolute Gasteiger partial charge is 0.410 e. The monoisotopic (exact) mass is 457 g/mol. The molecule has 0 bridgehead atoms. The summed E-state index contributed by atoms with van der Waals surface area (Å²) in [5.74, 6) is -2.01. The fourth-order valence-electron chi connectivity index (χ4n) is 4.89. The predicted molar refractivity (Wildman–Crippen MR) is 119 cm³/mol. The second-order valence-electron chi connectivity index (χ2n) is 8.74. The van der Waals surface area contributed by atoms with Crippen molar-refractivity contribution in [1.29, 1.82) is 0 Å². The summed E-state index contributed by atoms with van der Waals surface area (Å²) < 4.78 is 10.9. The van der Waals surface area contributed by atoms with Crippen molar-refractivity contribution >= 4 is 23.5 Å². The summed E-state index contributed by atoms with van der Waals surface area (Å²) in [5, 5.41) is 9.27. The molecule has 3 aliphatic rings. The van der Waals surface area contributed by atoms with Crippen LogP contribution in [0, 0.1) is 11.8 Å². The first kappa shape index (κ1) is 23.3. The van der Waals surface area contributed by atoms with Gasteiger partial charge >= 0.3 is 6.09 Å². The van der Waals surface area contributed by atoms with Gasteiger partial charge in [-0.25, -0.2) is 10.3 Å². The molecule has 3 unspecified atom stereocenters. The molecule has 178 valence electrons. The lowest BCUT2D eigenvalue weighted by Gasteiger charge is -2.38. The molecular formula is C24H31N3O6. The Morgan fingerprint density at radius 1 is 1.00 bits per heavy atom. The Kier molecular flexibility index (Phi) is 7.61. The van der Waals surface area contributed by atoms with Crippen LogP contribution >= 0.6 is 0 Å². The van der Waals surface area contributed by atoms with Crippen molar-refractivity contribution in [3.8, 4) is 0 Å². The van der Waals surface area contributed by atoms with Crippen molar-refractivity contribution in [2.45, 2.75) is 31.8 Å². The quantitative estimate of drug-likeness (QED) is 0.529. The summed E-state index contributed by atoms with van der Waals surface area (Å²) in [7, 11) is 0. The number of nitrogens with zero attached hydrogens (tertiary/aromatic N) is 2. The number of amides is 3. The molecule has 1 saturated heterocycles. The van der Waals surface area contributed by atoms with E-state index in [4.69, 9.17) is 9.47 Å². The highest BCUT2D eigenvalue weighted by molar-refractivity contribution is 5.88. The van der Waals surface area contributed by atoms with E-state index < -0.39 is 29.9 Å². The van der Waals surface area contributed by atoms with Crippen molar-refractivity contribution in [2.24, 2.45) is 11.8 Å². The molecule has 0 radical (unpaired) electrons. The summed E-state index contributed by atoms with van der Waals surface area (Å²) in [6.07, 6.45) is 3.04. The highest BCUT2D eigenvalue weighted by Crippen LogP contribution is 2.35. The topological polar surface area (TPSA) is 108 Å². The normalized spacial score (nSPS) is 25.7. The maximum atomic E-state index is 13.3. The standard InChI is InChI=1S/C24H31N3O6/c28-22(25-31)21-16-19(33-24(30)27-12-14-32-15-13-27)6-7-20(21)23(29)26-10-8-18(9-11-26)17-4-2-1-3-5-17/h1-5,8,19-21,31H,6-7,9-16H2,(H,25,28). The first-order valence-electron chi connectivity index (χ1n) is 11.6. The number of benzene rings is 1. The van der Waals surface area contributed by atoms with Crippen molar-refractivity contribution in [3.05, 3.63) is 42.0 Å². The number of rotatable bonds is 4. The number of morpholine rings is 1. The zero-order valence-corrected chi connectivity index (χ0v) is 18.7. The van der Waals surface area contributed by atoms with E-state index >= 15 is 0 Å². The first-order valence-corrected chi connectivity index (χ1v) is 11.6. The molecule has 9 nitrogen and oxygen atoms in total. The Balaban J connectivity index is 1.38. The van der Waals surface area contributed by atoms with E-state index in [1.54, 1.807) is 15.3 Å². The lowest BCUT2D eigenvalue weighted by molar-refractivity contribution is -0.149. The molecular weight excluding hydrogens is 426 g/mol. The van der Waals surface area contributed by atoms with Crippen molar-refractivity contribution in [2.75, 3.05) is 39.4 Å². The second kappa shape index (κ2) is 10.8. The predicted octanol–water partition coefficient (Wildman–Crippen LogP) is 2.06. The zero-order valence-electron chi connectivity index (χ0n) is 18.7. The zero-order chi connectivity index (χ0) is 23.2. The lowest BCUT2D eigenvalue weighted by Crippen LogP contribution is -2.49. The van der Waals surface area contributed by atoms with Gasteiger partial charge in [-0.3, -0.25) is 14.8 Å². The minimum absolute atomic E-state index is 0.0927. The molecule has 1 aromatic carbocycles. The third-order valence-electron chi connectivity index (χ3n) is 6.77. The van der Waals surface area contributed by atoms with Gasteiger partial charge in [0.15, 0.2) is 0 Å². The van der Waals surface area contributed by atoms with Crippen LogP contribution in [-0.4, -0.2) is 78.4 Å². The largest absolute Gasteiger partial charge is 0.446 e. The van der Waals surface area contributed by atoms with Crippen LogP contribution < -0.4 is 5.48 Å². The first-order chi connectivity index (χ1) is 16.1. The van der Waals surface area contributed by atoms with Gasteiger partial charge in [-0.1, -0.05) is 36.4 Å². The molecule has 1 saturated carbocycles. The van der Waals surface area contributed by atoms with Crippen LogP contribution in [0.15, 0.2) is 36.4 Å². The molecule has 9 heteroatoms. The summed E-state index contributed by atoms with van der Waals surface area (Å²) >= 11 is 0. The fraction of sp³-hybridized carbons (Fsp3) is 0.542. The van der Waals surface area contributed by atoms with Crippen LogP contribution in [0.5, 0.6) is 0 Å². The summed E-state index contributed by atoms with van der Waals surface area (Å²) in [4.78, 5) is 41.5. The SMILES string of the molecule is O=C(NO)C1CC(OC(=O)N2CCOCC2)CCC1C(=O)N1CC=C(c2ccccc2)CC1. The molecule has 1 aliphatic carbocycles. The molecule has 2 N–H and O–H groups in total. The van der Waals surface area contributed by atoms with E-state index in [1.165, 1.54) is 5.57 Å². The lowest BCUT2D eigenvalue weighted by atomic mass is 9.76. The number of nitrogens with one attached hydrogen (secondary N) is 1. The minimum atomic E-state index is -0.752. The van der Waals surface area contributed by atoms with E-state index in [0.29, 0.717) is 52.2 Å². The average Bonchev–Trinajstić information content (AvgIpc) is 2.89. The maximum Gasteiger partial charge on any atom is 0.410 e. The molecule has 2 aliphatic heterocycles. The average molecular weight is 458 g/mol. The number of hydroxylamine groups is 1. The number of hydrogen-bond acceptors (Lipinski definition) is 6. The minimum Gasteiger partial charge on any atom is -0.446 e. The molecule has 1 aromatic rings. The Labute approximate surface area is 193 Å². The molecule has 33 heavy (non-hydrogen) atoms. The van der Waals surface area contributed by atoms with E-state index in [2.05, 4.69) is 18.2 Å². The van der Waals surface area contributed by atoms with Gasteiger partial charge in [-0.2, -0.15) is 0 Å². The van der Waals surface area contributed by atoms with E-state index in [9.17, 15) is 19.6 Å². The highest BCUT2D eigenvalue weighted by Gasteiger charge is 2.42. The van der Waals surface area contributed by atoms with Crippen molar-refractivity contribution in [3.63, 3.8) is 0 Å². The van der Waals surface area contributed by atoms with Gasteiger partial charge in [0.25, 0.3) is 0 Å². The van der Waals surface area contributed by atoms with Gasteiger partial charge in [-0.15, -0.1) is 0 Å². The van der Waals surface area contributed by atoms with Gasteiger partial charge < -0.3 is 19.3 Å². The molecule has 3 atom stereocenters. The van der Waals surface area contributed by atoms with E-state index in [0.717, 1.165) is 12.0 Å². The number of ether oxygens (including phenoxy) is 2. The molecule has 2 heterocycles. The highest BCUT2D eigenvalue weighted by atomic mass is 16.6. The number of carbonyl (C=O) groups is 3. The van der Waals surface area contributed by atoms with Crippen LogP contribution in [0.4, 0.5) is 4.79 Å². The van der Waals surface area contributed by atoms with Crippen molar-refractivity contribution in [1.82, 2.24) is 15.3 Å². The molecule has 4 rings (SSSR count). The Hall–Kier alpha value is -2.91. The van der Waals surface area contributed by atoms with Gasteiger partial charge in [0.2, 0.25) is 11.8 Å². The van der Waals surface area contributed by atoms with Gasteiger partial charge in [0.1, 0.15) is 6.10 Å². The fourth-order valence-corrected chi connectivity index (χ4v) is 4.89. The third-order valence-corrected chi connectivity index (χ3v) is 6.77. The van der Waals surface area contributed by atoms with Crippen molar-refractivity contribution < 1.29 is 29.1 Å². The van der Waals surface area contributed by atoms with Crippen LogP contribution in [0.2, 0.25) is 0 Å². The number of hydrogen-bond donors (Lipinski definition) is 2. The molecule has 2 fully saturated rings. The van der Waals surface area contributed by atoms with E-state index in [1.807, 2.05) is 18.2 Å². The summed E-state index contributed by atoms with van der Waals surface area (Å²) in [6, 6.07) is 10.1. The van der Waals surface area contributed by atoms with E-state index in [-0.39, 0.29) is 12.3 Å². The Bertz CT molecular complexity index is 883. The third kappa shape index (κ3) is 5.54. The second-order valence-corrected chi connectivity index (χ2v) is 8.74. The Morgan fingerprint density at radius 2 is 1.76 bits per heavy atom. The van der Waals surface area contributed by atoms with Gasteiger partial charge in [-0.05, 0) is 36.8 Å². The summed E-state index contributed by atoms with van der Waals surface area (Å²) in [6.45, 7) is 2.97. The molecule has 0 aromatic heterocycles. The van der Waals surface area contributed by atoms with Gasteiger partial charge in [0.05, 0.1) is 25.0 Å². The molecule has 3 amide bonds. The van der Waals surface area contributed by atoms with Crippen LogP contribution in [-0.2, 0) is 19.1 Å². The van der Waals surface area contributed by atoms with Crippen LogP contribution in [0.3, 0.4) is 0 Å². The number of carbonyl (C=O) groups excluding carboxylic acids is 3. The molecule has 0 spiro atoms.